The molecule has 0 atom stereocenters. The fraction of sp³-hybridized carbons (Fsp3) is 0.625. The Hall–Kier alpha value is -1.11. The van der Waals surface area contributed by atoms with Crippen LogP contribution >= 0.6 is 11.8 Å². The number of morpholine rings is 1. The molecule has 1 aliphatic rings. The van der Waals surface area contributed by atoms with Crippen LogP contribution in [0.5, 0.6) is 0 Å². The first kappa shape index (κ1) is 17.2. The smallest absolute Gasteiger partial charge is 0.255 e. The van der Waals surface area contributed by atoms with Gasteiger partial charge in [0.25, 0.3) is 5.91 Å². The minimum atomic E-state index is 0.0514. The zero-order valence-electron chi connectivity index (χ0n) is 13.5. The monoisotopic (exact) mass is 323 g/mol. The van der Waals surface area contributed by atoms with Crippen LogP contribution in [-0.2, 0) is 4.74 Å². The van der Waals surface area contributed by atoms with Crippen LogP contribution in [0.25, 0.3) is 0 Å². The lowest BCUT2D eigenvalue weighted by atomic mass is 10.2. The van der Waals surface area contributed by atoms with E-state index in [-0.39, 0.29) is 5.91 Å². The average Bonchev–Trinajstić information content (AvgIpc) is 2.59. The summed E-state index contributed by atoms with van der Waals surface area (Å²) in [6.07, 6.45) is 1.69. The number of hydrogen-bond donors (Lipinski definition) is 0. The fourth-order valence-corrected chi connectivity index (χ4v) is 3.21. The summed E-state index contributed by atoms with van der Waals surface area (Å²) in [7, 11) is 0. The number of thioether (sulfide) groups is 1. The molecule has 0 radical (unpaired) electrons. The molecule has 0 unspecified atom stereocenters. The Morgan fingerprint density at radius 1 is 1.32 bits per heavy atom. The van der Waals surface area contributed by atoms with E-state index < -0.39 is 0 Å². The lowest BCUT2D eigenvalue weighted by Crippen LogP contribution is -2.40. The number of rotatable bonds is 7. The largest absolute Gasteiger partial charge is 0.378 e. The maximum Gasteiger partial charge on any atom is 0.255 e. The van der Waals surface area contributed by atoms with Crippen LogP contribution in [0.4, 0.5) is 0 Å². The molecule has 5 nitrogen and oxygen atoms in total. The van der Waals surface area contributed by atoms with E-state index in [4.69, 9.17) is 4.74 Å². The zero-order chi connectivity index (χ0) is 15.8. The normalized spacial score (nSPS) is 15.3. The quantitative estimate of drug-likeness (QED) is 0.718. The number of amides is 1. The standard InChI is InChI=1S/C16H25N3O2S/c1-3-18(4-2)9-12-22-15-6-5-14(13-17-15)16(20)19-7-10-21-11-8-19/h5-6,13H,3-4,7-12H2,1-2H3. The van der Waals surface area contributed by atoms with Crippen LogP contribution < -0.4 is 0 Å². The number of aromatic nitrogens is 1. The van der Waals surface area contributed by atoms with E-state index in [0.717, 1.165) is 30.4 Å². The van der Waals surface area contributed by atoms with Gasteiger partial charge in [-0.15, -0.1) is 11.8 Å². The summed E-state index contributed by atoms with van der Waals surface area (Å²) in [5.74, 6) is 1.07. The number of carbonyl (C=O) groups excluding carboxylic acids is 1. The Labute approximate surface area is 137 Å². The summed E-state index contributed by atoms with van der Waals surface area (Å²) in [5.41, 5.74) is 0.662. The van der Waals surface area contributed by atoms with Gasteiger partial charge in [-0.3, -0.25) is 4.79 Å². The number of hydrogen-bond acceptors (Lipinski definition) is 5. The Morgan fingerprint density at radius 2 is 2.05 bits per heavy atom. The van der Waals surface area contributed by atoms with Crippen LogP contribution in [0.1, 0.15) is 24.2 Å². The molecule has 0 bridgehead atoms. The predicted molar refractivity (Wildman–Crippen MR) is 89.5 cm³/mol. The maximum absolute atomic E-state index is 12.3. The Kier molecular flexibility index (Phi) is 7.15. The molecule has 6 heteroatoms. The van der Waals surface area contributed by atoms with Crippen molar-refractivity contribution in [3.8, 4) is 0 Å². The van der Waals surface area contributed by atoms with Crippen molar-refractivity contribution in [2.75, 3.05) is 51.7 Å². The molecule has 1 aliphatic heterocycles. The van der Waals surface area contributed by atoms with Gasteiger partial charge in [0.05, 0.1) is 23.8 Å². The predicted octanol–water partition coefficient (Wildman–Crippen LogP) is 1.99. The fourth-order valence-electron chi connectivity index (χ4n) is 2.36. The highest BCUT2D eigenvalue weighted by atomic mass is 32.2. The third-order valence-electron chi connectivity index (χ3n) is 3.83. The molecule has 0 aromatic carbocycles. The molecule has 0 spiro atoms. The third kappa shape index (κ3) is 4.97. The van der Waals surface area contributed by atoms with Gasteiger partial charge in [0.2, 0.25) is 0 Å². The molecule has 122 valence electrons. The maximum atomic E-state index is 12.3. The average molecular weight is 323 g/mol. The van der Waals surface area contributed by atoms with Crippen LogP contribution in [0.15, 0.2) is 23.4 Å². The zero-order valence-corrected chi connectivity index (χ0v) is 14.3. The first-order chi connectivity index (χ1) is 10.7. The molecule has 2 heterocycles. The Morgan fingerprint density at radius 3 is 2.64 bits per heavy atom. The van der Waals surface area contributed by atoms with E-state index in [9.17, 15) is 4.79 Å². The molecule has 22 heavy (non-hydrogen) atoms. The molecular weight excluding hydrogens is 298 g/mol. The topological polar surface area (TPSA) is 45.7 Å². The molecular formula is C16H25N3O2S. The summed E-state index contributed by atoms with van der Waals surface area (Å²) >= 11 is 1.74. The SMILES string of the molecule is CCN(CC)CCSc1ccc(C(=O)N2CCOCC2)cn1. The lowest BCUT2D eigenvalue weighted by molar-refractivity contribution is 0.0302. The first-order valence-electron chi connectivity index (χ1n) is 7.92. The summed E-state index contributed by atoms with van der Waals surface area (Å²) in [6, 6.07) is 3.82. The van der Waals surface area contributed by atoms with Crippen molar-refractivity contribution in [3.05, 3.63) is 23.9 Å². The van der Waals surface area contributed by atoms with Crippen molar-refractivity contribution in [3.63, 3.8) is 0 Å². The summed E-state index contributed by atoms with van der Waals surface area (Å²) in [6.45, 7) is 10.2. The molecule has 1 aromatic rings. The van der Waals surface area contributed by atoms with Crippen molar-refractivity contribution in [1.29, 1.82) is 0 Å². The molecule has 1 amide bonds. The summed E-state index contributed by atoms with van der Waals surface area (Å²) < 4.78 is 5.27. The van der Waals surface area contributed by atoms with Gasteiger partial charge < -0.3 is 14.5 Å². The Balaban J connectivity index is 1.83. The molecule has 2 rings (SSSR count). The minimum absolute atomic E-state index is 0.0514. The minimum Gasteiger partial charge on any atom is -0.378 e. The van der Waals surface area contributed by atoms with Crippen molar-refractivity contribution in [1.82, 2.24) is 14.8 Å². The van der Waals surface area contributed by atoms with E-state index in [2.05, 4.69) is 23.7 Å². The second-order valence-corrected chi connectivity index (χ2v) is 6.28. The molecule has 0 saturated carbocycles. The van der Waals surface area contributed by atoms with Gasteiger partial charge in [-0.1, -0.05) is 13.8 Å². The lowest BCUT2D eigenvalue weighted by Gasteiger charge is -2.26. The van der Waals surface area contributed by atoms with Crippen molar-refractivity contribution >= 4 is 17.7 Å². The van der Waals surface area contributed by atoms with Gasteiger partial charge in [0, 0.05) is 31.6 Å². The number of carbonyl (C=O) groups is 1. The van der Waals surface area contributed by atoms with E-state index in [0.29, 0.717) is 31.9 Å². The van der Waals surface area contributed by atoms with Crippen LogP contribution in [-0.4, -0.2) is 72.4 Å². The molecule has 0 N–H and O–H groups in total. The molecule has 1 aromatic heterocycles. The van der Waals surface area contributed by atoms with Gasteiger partial charge in [-0.05, 0) is 25.2 Å². The molecule has 1 fully saturated rings. The molecule has 1 saturated heterocycles. The number of ether oxygens (including phenoxy) is 1. The van der Waals surface area contributed by atoms with E-state index in [1.54, 1.807) is 18.0 Å². The third-order valence-corrected chi connectivity index (χ3v) is 4.76. The van der Waals surface area contributed by atoms with E-state index >= 15 is 0 Å². The summed E-state index contributed by atoms with van der Waals surface area (Å²) in [5, 5.41) is 0.977. The van der Waals surface area contributed by atoms with Crippen molar-refractivity contribution in [2.24, 2.45) is 0 Å². The van der Waals surface area contributed by atoms with E-state index in [1.165, 1.54) is 0 Å². The molecule has 0 aliphatic carbocycles. The van der Waals surface area contributed by atoms with E-state index in [1.807, 2.05) is 17.0 Å². The van der Waals surface area contributed by atoms with Crippen LogP contribution in [0.3, 0.4) is 0 Å². The second kappa shape index (κ2) is 9.12. The van der Waals surface area contributed by atoms with Gasteiger partial charge in [-0.25, -0.2) is 4.98 Å². The first-order valence-corrected chi connectivity index (χ1v) is 8.91. The van der Waals surface area contributed by atoms with Gasteiger partial charge in [0.15, 0.2) is 0 Å². The van der Waals surface area contributed by atoms with Crippen molar-refractivity contribution in [2.45, 2.75) is 18.9 Å². The highest BCUT2D eigenvalue weighted by Gasteiger charge is 2.18. The van der Waals surface area contributed by atoms with Crippen LogP contribution in [0.2, 0.25) is 0 Å². The number of pyridine rings is 1. The van der Waals surface area contributed by atoms with Crippen LogP contribution in [0, 0.1) is 0 Å². The number of nitrogens with zero attached hydrogens (tertiary/aromatic N) is 3. The van der Waals surface area contributed by atoms with Gasteiger partial charge >= 0.3 is 0 Å². The Bertz CT molecular complexity index is 457. The van der Waals surface area contributed by atoms with Crippen molar-refractivity contribution < 1.29 is 9.53 Å². The second-order valence-electron chi connectivity index (χ2n) is 5.17. The summed E-state index contributed by atoms with van der Waals surface area (Å²) in [4.78, 5) is 20.9. The van der Waals surface area contributed by atoms with Gasteiger partial charge in [0.1, 0.15) is 0 Å². The highest BCUT2D eigenvalue weighted by Crippen LogP contribution is 2.16. The highest BCUT2D eigenvalue weighted by molar-refractivity contribution is 7.99. The van der Waals surface area contributed by atoms with Gasteiger partial charge in [-0.2, -0.15) is 0 Å².